The van der Waals surface area contributed by atoms with E-state index in [1.807, 2.05) is 24.3 Å². The first-order chi connectivity index (χ1) is 10.2. The molecule has 0 saturated carbocycles. The van der Waals surface area contributed by atoms with E-state index in [0.29, 0.717) is 18.7 Å². The summed E-state index contributed by atoms with van der Waals surface area (Å²) >= 11 is 0. The second-order valence-electron chi connectivity index (χ2n) is 5.70. The molecular formula is C18H25NO2. The molecule has 0 bridgehead atoms. The summed E-state index contributed by atoms with van der Waals surface area (Å²) in [7, 11) is 0. The topological polar surface area (TPSA) is 32.7 Å². The number of rotatable bonds is 4. The Labute approximate surface area is 127 Å². The largest absolute Gasteiger partial charge is 0.492 e. The quantitative estimate of drug-likeness (QED) is 0.864. The van der Waals surface area contributed by atoms with E-state index < -0.39 is 0 Å². The summed E-state index contributed by atoms with van der Waals surface area (Å²) in [4.78, 5) is 2.54. The van der Waals surface area contributed by atoms with Crippen molar-refractivity contribution in [3.05, 3.63) is 29.8 Å². The van der Waals surface area contributed by atoms with E-state index in [-0.39, 0.29) is 6.61 Å². The number of nitrogens with zero attached hydrogens (tertiary/aromatic N) is 1. The second kappa shape index (κ2) is 8.07. The minimum Gasteiger partial charge on any atom is -0.492 e. The molecule has 0 spiro atoms. The summed E-state index contributed by atoms with van der Waals surface area (Å²) in [6.45, 7) is 6.16. The third kappa shape index (κ3) is 4.77. The maximum atomic E-state index is 8.72. The van der Waals surface area contributed by atoms with Gasteiger partial charge < -0.3 is 9.84 Å². The first-order valence-corrected chi connectivity index (χ1v) is 7.79. The van der Waals surface area contributed by atoms with E-state index in [0.717, 1.165) is 17.9 Å². The van der Waals surface area contributed by atoms with Gasteiger partial charge in [-0.25, -0.2) is 0 Å². The Bertz CT molecular complexity index is 493. The van der Waals surface area contributed by atoms with Crippen molar-refractivity contribution in [2.45, 2.75) is 45.2 Å². The van der Waals surface area contributed by atoms with E-state index in [4.69, 9.17) is 9.84 Å². The number of hydrogen-bond acceptors (Lipinski definition) is 3. The minimum absolute atomic E-state index is 0.115. The third-order valence-electron chi connectivity index (χ3n) is 4.14. The van der Waals surface area contributed by atoms with Crippen molar-refractivity contribution < 1.29 is 9.84 Å². The Morgan fingerprint density at radius 3 is 2.76 bits per heavy atom. The molecular weight excluding hydrogens is 262 g/mol. The van der Waals surface area contributed by atoms with Crippen molar-refractivity contribution in [1.82, 2.24) is 4.90 Å². The first-order valence-electron chi connectivity index (χ1n) is 7.79. The molecule has 0 radical (unpaired) electrons. The molecule has 1 N–H and O–H groups in total. The van der Waals surface area contributed by atoms with Crippen LogP contribution in [0.3, 0.4) is 0 Å². The molecule has 1 saturated heterocycles. The molecule has 2 unspecified atom stereocenters. The number of aliphatic hydroxyl groups is 1. The highest BCUT2D eigenvalue weighted by molar-refractivity contribution is 5.39. The van der Waals surface area contributed by atoms with Gasteiger partial charge in [-0.3, -0.25) is 4.90 Å². The van der Waals surface area contributed by atoms with Crippen LogP contribution in [0.25, 0.3) is 0 Å². The first kappa shape index (κ1) is 15.9. The van der Waals surface area contributed by atoms with E-state index >= 15 is 0 Å². The van der Waals surface area contributed by atoms with Crippen LogP contribution in [0.4, 0.5) is 0 Å². The van der Waals surface area contributed by atoms with Crippen LogP contribution in [0, 0.1) is 11.8 Å². The van der Waals surface area contributed by atoms with Crippen molar-refractivity contribution in [1.29, 1.82) is 0 Å². The average molecular weight is 287 g/mol. The Hall–Kier alpha value is -1.50. The van der Waals surface area contributed by atoms with Gasteiger partial charge in [0, 0.05) is 24.2 Å². The SMILES string of the molecule is CC1CCCC(C)N1CCOc1cccc(C#CCO)c1. The molecule has 1 heterocycles. The molecule has 0 aliphatic carbocycles. The molecule has 1 aromatic rings. The van der Waals surface area contributed by atoms with Crippen LogP contribution in [0.2, 0.25) is 0 Å². The number of aliphatic hydroxyl groups excluding tert-OH is 1. The fourth-order valence-electron chi connectivity index (χ4n) is 2.99. The maximum absolute atomic E-state index is 8.72. The van der Waals surface area contributed by atoms with Gasteiger partial charge in [-0.1, -0.05) is 24.3 Å². The number of piperidine rings is 1. The molecule has 21 heavy (non-hydrogen) atoms. The van der Waals surface area contributed by atoms with E-state index in [2.05, 4.69) is 30.6 Å². The van der Waals surface area contributed by atoms with Crippen LogP contribution >= 0.6 is 0 Å². The smallest absolute Gasteiger partial charge is 0.120 e. The zero-order valence-electron chi connectivity index (χ0n) is 13.0. The van der Waals surface area contributed by atoms with Gasteiger partial charge in [0.15, 0.2) is 0 Å². The zero-order chi connectivity index (χ0) is 15.1. The van der Waals surface area contributed by atoms with Gasteiger partial charge in [0.1, 0.15) is 19.0 Å². The van der Waals surface area contributed by atoms with Crippen molar-refractivity contribution in [3.63, 3.8) is 0 Å². The van der Waals surface area contributed by atoms with Gasteiger partial charge in [0.25, 0.3) is 0 Å². The molecule has 1 fully saturated rings. The summed E-state index contributed by atoms with van der Waals surface area (Å²) in [5, 5.41) is 8.72. The predicted octanol–water partition coefficient (Wildman–Crippen LogP) is 2.67. The van der Waals surface area contributed by atoms with Gasteiger partial charge in [0.2, 0.25) is 0 Å². The molecule has 2 atom stereocenters. The maximum Gasteiger partial charge on any atom is 0.120 e. The van der Waals surface area contributed by atoms with Crippen LogP contribution in [-0.2, 0) is 0 Å². The number of hydrogen-bond donors (Lipinski definition) is 1. The standard InChI is InChI=1S/C18H25NO2/c1-15-6-3-7-16(2)19(15)11-13-21-18-10-4-8-17(14-18)9-5-12-20/h4,8,10,14-16,20H,3,6-7,11-13H2,1-2H3. The Morgan fingerprint density at radius 2 is 2.05 bits per heavy atom. The highest BCUT2D eigenvalue weighted by Gasteiger charge is 2.23. The van der Waals surface area contributed by atoms with E-state index in [9.17, 15) is 0 Å². The number of ether oxygens (including phenoxy) is 1. The molecule has 0 aromatic heterocycles. The highest BCUT2D eigenvalue weighted by Crippen LogP contribution is 2.22. The Balaban J connectivity index is 1.85. The van der Waals surface area contributed by atoms with Crippen LogP contribution in [0.5, 0.6) is 5.75 Å². The predicted molar refractivity (Wildman–Crippen MR) is 85.4 cm³/mol. The molecule has 3 nitrogen and oxygen atoms in total. The van der Waals surface area contributed by atoms with E-state index in [1.165, 1.54) is 19.3 Å². The summed E-state index contributed by atoms with van der Waals surface area (Å²) in [6.07, 6.45) is 3.92. The molecule has 1 aromatic carbocycles. The molecule has 2 rings (SSSR count). The van der Waals surface area contributed by atoms with Crippen molar-refractivity contribution in [3.8, 4) is 17.6 Å². The molecule has 114 valence electrons. The van der Waals surface area contributed by atoms with Gasteiger partial charge in [0.05, 0.1) is 0 Å². The lowest BCUT2D eigenvalue weighted by molar-refractivity contribution is 0.0851. The second-order valence-corrected chi connectivity index (χ2v) is 5.70. The van der Waals surface area contributed by atoms with Gasteiger partial charge in [-0.05, 0) is 44.9 Å². The molecule has 3 heteroatoms. The normalized spacial score (nSPS) is 22.4. The summed E-state index contributed by atoms with van der Waals surface area (Å²) in [6, 6.07) is 9.03. The fourth-order valence-corrected chi connectivity index (χ4v) is 2.99. The lowest BCUT2D eigenvalue weighted by atomic mass is 9.98. The molecule has 1 aliphatic rings. The van der Waals surface area contributed by atoms with Crippen molar-refractivity contribution in [2.24, 2.45) is 0 Å². The van der Waals surface area contributed by atoms with Crippen molar-refractivity contribution in [2.75, 3.05) is 19.8 Å². The fraction of sp³-hybridized carbons (Fsp3) is 0.556. The van der Waals surface area contributed by atoms with Crippen LogP contribution in [-0.4, -0.2) is 41.8 Å². The number of benzene rings is 1. The van der Waals surface area contributed by atoms with Crippen LogP contribution in [0.15, 0.2) is 24.3 Å². The lowest BCUT2D eigenvalue weighted by Gasteiger charge is -2.38. The highest BCUT2D eigenvalue weighted by atomic mass is 16.5. The minimum atomic E-state index is -0.115. The van der Waals surface area contributed by atoms with E-state index in [1.54, 1.807) is 0 Å². The summed E-state index contributed by atoms with van der Waals surface area (Å²) in [5.74, 6) is 6.40. The van der Waals surface area contributed by atoms with Gasteiger partial charge >= 0.3 is 0 Å². The monoisotopic (exact) mass is 287 g/mol. The average Bonchev–Trinajstić information content (AvgIpc) is 2.49. The number of likely N-dealkylation sites (tertiary alicyclic amines) is 1. The summed E-state index contributed by atoms with van der Waals surface area (Å²) in [5.41, 5.74) is 0.876. The Kier molecular flexibility index (Phi) is 6.10. The Morgan fingerprint density at radius 1 is 1.29 bits per heavy atom. The third-order valence-corrected chi connectivity index (χ3v) is 4.14. The van der Waals surface area contributed by atoms with Gasteiger partial charge in [-0.2, -0.15) is 0 Å². The van der Waals surface area contributed by atoms with Crippen LogP contribution < -0.4 is 4.74 Å². The zero-order valence-corrected chi connectivity index (χ0v) is 13.0. The molecule has 0 amide bonds. The molecule has 1 aliphatic heterocycles. The lowest BCUT2D eigenvalue weighted by Crippen LogP contribution is -2.45. The summed E-state index contributed by atoms with van der Waals surface area (Å²) < 4.78 is 5.85. The van der Waals surface area contributed by atoms with Gasteiger partial charge in [-0.15, -0.1) is 0 Å². The van der Waals surface area contributed by atoms with Crippen LogP contribution in [0.1, 0.15) is 38.7 Å². The van der Waals surface area contributed by atoms with Crippen molar-refractivity contribution >= 4 is 0 Å².